The van der Waals surface area contributed by atoms with Crippen LogP contribution in [-0.2, 0) is 18.4 Å². The Kier molecular flexibility index (Phi) is 4.78. The summed E-state index contributed by atoms with van der Waals surface area (Å²) in [5.41, 5.74) is 3.66. The number of nitrogens with one attached hydrogen (secondary N) is 2. The van der Waals surface area contributed by atoms with Gasteiger partial charge < -0.3 is 10.6 Å². The molecule has 0 saturated carbocycles. The number of rotatable bonds is 6. The van der Waals surface area contributed by atoms with Crippen LogP contribution in [0.1, 0.15) is 12.5 Å². The lowest BCUT2D eigenvalue weighted by atomic mass is 10.2. The van der Waals surface area contributed by atoms with Gasteiger partial charge in [0.25, 0.3) is 5.91 Å². The third-order valence-corrected chi connectivity index (χ3v) is 4.24. The Bertz CT molecular complexity index is 1210. The van der Waals surface area contributed by atoms with E-state index in [4.69, 9.17) is 0 Å². The first-order valence-electron chi connectivity index (χ1n) is 8.98. The minimum absolute atomic E-state index is 0.203. The van der Waals surface area contributed by atoms with E-state index in [2.05, 4.69) is 37.4 Å². The van der Waals surface area contributed by atoms with Crippen LogP contribution >= 0.6 is 0 Å². The highest BCUT2D eigenvalue weighted by Crippen LogP contribution is 2.18. The molecule has 146 valence electrons. The average molecular weight is 388 g/mol. The molecule has 0 radical (unpaired) electrons. The number of carbonyl (C=O) groups is 1. The Hall–Kier alpha value is -4.01. The van der Waals surface area contributed by atoms with Gasteiger partial charge in [-0.25, -0.2) is 9.67 Å². The monoisotopic (exact) mass is 388 g/mol. The standard InChI is InChI=1S/C20H20N8O/c1-13(2)19(29)24-16-6-4-5-14(7-16)11-28-18-15(9-23-28)8-21-20(26-18)25-17-10-22-27(3)12-17/h4-10,12H,1,11H2,2-3H3,(H,24,29)(H,21,25,26). The summed E-state index contributed by atoms with van der Waals surface area (Å²) >= 11 is 0. The molecule has 0 atom stereocenters. The summed E-state index contributed by atoms with van der Waals surface area (Å²) in [5.74, 6) is 0.264. The van der Waals surface area contributed by atoms with E-state index in [0.717, 1.165) is 16.6 Å². The molecule has 0 saturated heterocycles. The van der Waals surface area contributed by atoms with Crippen molar-refractivity contribution in [1.82, 2.24) is 29.5 Å². The van der Waals surface area contributed by atoms with Gasteiger partial charge in [0.1, 0.15) is 0 Å². The summed E-state index contributed by atoms with van der Waals surface area (Å²) in [6.07, 6.45) is 7.01. The van der Waals surface area contributed by atoms with Crippen LogP contribution in [0.5, 0.6) is 0 Å². The van der Waals surface area contributed by atoms with Crippen LogP contribution in [0.15, 0.2) is 61.2 Å². The SMILES string of the molecule is C=C(C)C(=O)Nc1cccc(Cn2ncc3cnc(Nc4cnn(C)c4)nc32)c1. The maximum atomic E-state index is 11.8. The van der Waals surface area contributed by atoms with Crippen molar-refractivity contribution >= 4 is 34.3 Å². The minimum atomic E-state index is -0.203. The van der Waals surface area contributed by atoms with Crippen LogP contribution in [0.4, 0.5) is 17.3 Å². The number of aromatic nitrogens is 6. The number of nitrogens with zero attached hydrogens (tertiary/aromatic N) is 6. The first-order chi connectivity index (χ1) is 14.0. The largest absolute Gasteiger partial charge is 0.322 e. The fraction of sp³-hybridized carbons (Fsp3) is 0.150. The molecular formula is C20H20N8O. The molecule has 9 nitrogen and oxygen atoms in total. The zero-order valence-electron chi connectivity index (χ0n) is 16.1. The Labute approximate surface area is 167 Å². The van der Waals surface area contributed by atoms with E-state index in [1.165, 1.54) is 0 Å². The lowest BCUT2D eigenvalue weighted by Crippen LogP contribution is -2.12. The fourth-order valence-corrected chi connectivity index (χ4v) is 2.82. The quantitative estimate of drug-likeness (QED) is 0.493. The maximum absolute atomic E-state index is 11.8. The molecule has 2 N–H and O–H groups in total. The van der Waals surface area contributed by atoms with Gasteiger partial charge in [-0.15, -0.1) is 0 Å². The van der Waals surface area contributed by atoms with Crippen molar-refractivity contribution < 1.29 is 4.79 Å². The Balaban J connectivity index is 1.57. The van der Waals surface area contributed by atoms with Crippen LogP contribution < -0.4 is 10.6 Å². The normalized spacial score (nSPS) is 10.8. The number of anilines is 3. The van der Waals surface area contributed by atoms with Gasteiger partial charge in [0.15, 0.2) is 5.65 Å². The van der Waals surface area contributed by atoms with Crippen molar-refractivity contribution in [1.29, 1.82) is 0 Å². The van der Waals surface area contributed by atoms with Crippen molar-refractivity contribution in [2.24, 2.45) is 7.05 Å². The third kappa shape index (κ3) is 4.13. The molecule has 0 bridgehead atoms. The van der Waals surface area contributed by atoms with Gasteiger partial charge in [-0.2, -0.15) is 15.2 Å². The second-order valence-corrected chi connectivity index (χ2v) is 6.74. The van der Waals surface area contributed by atoms with E-state index in [0.29, 0.717) is 29.4 Å². The molecule has 4 aromatic rings. The molecule has 0 spiro atoms. The van der Waals surface area contributed by atoms with Crippen molar-refractivity contribution in [2.45, 2.75) is 13.5 Å². The molecule has 0 unspecified atom stereocenters. The van der Waals surface area contributed by atoms with E-state index in [1.807, 2.05) is 37.5 Å². The smallest absolute Gasteiger partial charge is 0.250 e. The predicted molar refractivity (Wildman–Crippen MR) is 111 cm³/mol. The zero-order valence-corrected chi connectivity index (χ0v) is 16.1. The van der Waals surface area contributed by atoms with Gasteiger partial charge in [-0.05, 0) is 24.6 Å². The molecule has 0 aliphatic carbocycles. The van der Waals surface area contributed by atoms with Crippen molar-refractivity contribution in [3.05, 3.63) is 66.8 Å². The Morgan fingerprint density at radius 1 is 1.17 bits per heavy atom. The summed E-state index contributed by atoms with van der Waals surface area (Å²) in [5, 5.41) is 15.4. The first-order valence-corrected chi connectivity index (χ1v) is 8.98. The molecule has 0 fully saturated rings. The second kappa shape index (κ2) is 7.55. The number of benzene rings is 1. The van der Waals surface area contributed by atoms with E-state index < -0.39 is 0 Å². The summed E-state index contributed by atoms with van der Waals surface area (Å²) in [6, 6.07) is 7.60. The molecule has 1 aromatic carbocycles. The molecule has 0 aliphatic heterocycles. The lowest BCUT2D eigenvalue weighted by Gasteiger charge is -2.08. The summed E-state index contributed by atoms with van der Waals surface area (Å²) in [7, 11) is 1.84. The van der Waals surface area contributed by atoms with Crippen LogP contribution in [-0.4, -0.2) is 35.4 Å². The van der Waals surface area contributed by atoms with Crippen LogP contribution in [0, 0.1) is 0 Å². The first kappa shape index (κ1) is 18.4. The Morgan fingerprint density at radius 3 is 2.79 bits per heavy atom. The lowest BCUT2D eigenvalue weighted by molar-refractivity contribution is -0.112. The highest BCUT2D eigenvalue weighted by molar-refractivity contribution is 6.02. The van der Waals surface area contributed by atoms with Gasteiger partial charge in [-0.3, -0.25) is 9.48 Å². The summed E-state index contributed by atoms with van der Waals surface area (Å²) in [6.45, 7) is 5.83. The predicted octanol–water partition coefficient (Wildman–Crippen LogP) is 2.87. The molecule has 3 aromatic heterocycles. The second-order valence-electron chi connectivity index (χ2n) is 6.74. The maximum Gasteiger partial charge on any atom is 0.250 e. The minimum Gasteiger partial charge on any atom is -0.322 e. The average Bonchev–Trinajstić information content (AvgIpc) is 3.28. The fourth-order valence-electron chi connectivity index (χ4n) is 2.82. The number of hydrogen-bond acceptors (Lipinski definition) is 6. The van der Waals surface area contributed by atoms with E-state index in [1.54, 1.807) is 34.9 Å². The van der Waals surface area contributed by atoms with E-state index in [-0.39, 0.29) is 5.91 Å². The molecule has 0 aliphatic rings. The van der Waals surface area contributed by atoms with E-state index in [9.17, 15) is 4.79 Å². The van der Waals surface area contributed by atoms with Crippen LogP contribution in [0.2, 0.25) is 0 Å². The number of amides is 1. The van der Waals surface area contributed by atoms with Gasteiger partial charge in [0.05, 0.1) is 30.0 Å². The molecule has 3 heterocycles. The third-order valence-electron chi connectivity index (χ3n) is 4.24. The van der Waals surface area contributed by atoms with Gasteiger partial charge in [0, 0.05) is 30.7 Å². The number of aryl methyl sites for hydroxylation is 1. The highest BCUT2D eigenvalue weighted by Gasteiger charge is 2.09. The summed E-state index contributed by atoms with van der Waals surface area (Å²) in [4.78, 5) is 20.8. The number of hydrogen-bond donors (Lipinski definition) is 2. The number of fused-ring (bicyclic) bond motifs is 1. The zero-order chi connectivity index (χ0) is 20.4. The van der Waals surface area contributed by atoms with Gasteiger partial charge in [-0.1, -0.05) is 18.7 Å². The van der Waals surface area contributed by atoms with E-state index >= 15 is 0 Å². The Morgan fingerprint density at radius 2 is 2.03 bits per heavy atom. The molecule has 29 heavy (non-hydrogen) atoms. The topological polar surface area (TPSA) is 103 Å². The molecular weight excluding hydrogens is 368 g/mol. The molecule has 9 heteroatoms. The van der Waals surface area contributed by atoms with Crippen LogP contribution in [0.25, 0.3) is 11.0 Å². The van der Waals surface area contributed by atoms with Gasteiger partial charge in [0.2, 0.25) is 5.95 Å². The highest BCUT2D eigenvalue weighted by atomic mass is 16.1. The number of carbonyl (C=O) groups excluding carboxylic acids is 1. The summed E-state index contributed by atoms with van der Waals surface area (Å²) < 4.78 is 3.50. The van der Waals surface area contributed by atoms with Crippen molar-refractivity contribution in [2.75, 3.05) is 10.6 Å². The van der Waals surface area contributed by atoms with Gasteiger partial charge >= 0.3 is 0 Å². The van der Waals surface area contributed by atoms with Crippen molar-refractivity contribution in [3.63, 3.8) is 0 Å². The molecule has 4 rings (SSSR count). The van der Waals surface area contributed by atoms with Crippen LogP contribution in [0.3, 0.4) is 0 Å². The van der Waals surface area contributed by atoms with Crippen molar-refractivity contribution in [3.8, 4) is 0 Å². The molecule has 1 amide bonds.